The Balaban J connectivity index is 1.34. The van der Waals surface area contributed by atoms with Gasteiger partial charge in [-0.2, -0.15) is 0 Å². The van der Waals surface area contributed by atoms with Gasteiger partial charge in [-0.25, -0.2) is 0 Å². The third-order valence-corrected chi connectivity index (χ3v) is 10.5. The summed E-state index contributed by atoms with van der Waals surface area (Å²) in [6.07, 6.45) is 0.680. The van der Waals surface area contributed by atoms with Gasteiger partial charge in [0.25, 0.3) is 0 Å². The number of Topliss-reactive ketones (excluding diaryl/α,β-unsaturated/α-hetero) is 2. The Morgan fingerprint density at radius 2 is 1.23 bits per heavy atom. The fraction of sp³-hybridized carbons (Fsp3) is 0.271. The molecule has 0 radical (unpaired) electrons. The molecule has 5 aromatic carbocycles. The summed E-state index contributed by atoms with van der Waals surface area (Å²) >= 11 is 0. The lowest BCUT2D eigenvalue weighted by molar-refractivity contribution is -0.144. The molecule has 0 unspecified atom stereocenters. The maximum atomic E-state index is 14.4. The quantitative estimate of drug-likeness (QED) is 0.148. The van der Waals surface area contributed by atoms with Gasteiger partial charge >= 0.3 is 5.97 Å². The van der Waals surface area contributed by atoms with E-state index in [9.17, 15) is 29.1 Å². The van der Waals surface area contributed by atoms with Gasteiger partial charge in [0.15, 0.2) is 11.6 Å². The van der Waals surface area contributed by atoms with Crippen LogP contribution in [0.1, 0.15) is 47.1 Å². The minimum Gasteiger partial charge on any atom is -0.486 e. The van der Waals surface area contributed by atoms with E-state index in [-0.39, 0.29) is 50.9 Å². The van der Waals surface area contributed by atoms with Crippen LogP contribution < -0.4 is 15.4 Å². The summed E-state index contributed by atoms with van der Waals surface area (Å²) in [6, 6.07) is 39.5. The molecule has 5 aromatic rings. The molecule has 9 heteroatoms. The zero-order valence-electron chi connectivity index (χ0n) is 32.1. The van der Waals surface area contributed by atoms with Crippen LogP contribution in [0.3, 0.4) is 0 Å². The maximum Gasteiger partial charge on any atom is 0.307 e. The molecule has 3 N–H and O–H groups in total. The maximum absolute atomic E-state index is 14.4. The predicted molar refractivity (Wildman–Crippen MR) is 219 cm³/mol. The molecule has 2 aliphatic heterocycles. The van der Waals surface area contributed by atoms with Crippen molar-refractivity contribution in [3.63, 3.8) is 0 Å². The third kappa shape index (κ3) is 11.8. The minimum atomic E-state index is -1.13. The van der Waals surface area contributed by atoms with Gasteiger partial charge in [0.05, 0.1) is 12.0 Å². The molecule has 7 rings (SSSR count). The first-order valence-electron chi connectivity index (χ1n) is 19.4. The largest absolute Gasteiger partial charge is 0.486 e. The number of hydrogen-bond acceptors (Lipinski definition) is 6. The number of aryl methyl sites for hydroxylation is 2. The molecular formula is C48H48N2O7. The summed E-state index contributed by atoms with van der Waals surface area (Å²) in [5.74, 6) is -4.35. The van der Waals surface area contributed by atoms with Crippen LogP contribution >= 0.6 is 0 Å². The van der Waals surface area contributed by atoms with Crippen LogP contribution in [0, 0.1) is 18.8 Å². The standard InChI is InChI=1S/C48H48N2O7/c1-32-12-14-34(15-13-32)26-39-29-41(51)31-57-42-23-18-35(19-24-42)27-40(48(55)56)30-45(52)43(25-20-33-8-4-2-5-9-33)49-47(54)44(50-46(39)53)28-36-16-21-38(22-17-36)37-10-6-3-7-11-37/h2-19,21-24,39-40,43-44H,20,25-31H2,1H3,(H,49,54)(H,50,53)(H,55,56)/t39-,40-,43+,44-/m1/s1. The summed E-state index contributed by atoms with van der Waals surface area (Å²) in [5, 5.41) is 16.1. The van der Waals surface area contributed by atoms with Crippen molar-refractivity contribution in [2.45, 2.75) is 64.0 Å². The molecule has 292 valence electrons. The zero-order chi connectivity index (χ0) is 40.1. The highest BCUT2D eigenvalue weighted by Gasteiger charge is 2.32. The normalized spacial score (nSPS) is 19.7. The van der Waals surface area contributed by atoms with Gasteiger partial charge < -0.3 is 20.5 Å². The minimum absolute atomic E-state index is 0.0813. The number of ketones is 2. The highest BCUT2D eigenvalue weighted by Crippen LogP contribution is 2.23. The summed E-state index contributed by atoms with van der Waals surface area (Å²) in [4.78, 5) is 68.7. The Morgan fingerprint density at radius 1 is 0.632 bits per heavy atom. The lowest BCUT2D eigenvalue weighted by Crippen LogP contribution is -2.54. The van der Waals surface area contributed by atoms with Gasteiger partial charge in [-0.3, -0.25) is 24.0 Å². The van der Waals surface area contributed by atoms with E-state index in [0.29, 0.717) is 17.7 Å². The first kappa shape index (κ1) is 40.3. The Bertz CT molecular complexity index is 2130. The monoisotopic (exact) mass is 764 g/mol. The zero-order valence-corrected chi connectivity index (χ0v) is 32.1. The molecule has 0 aromatic heterocycles. The number of carboxylic acids is 1. The van der Waals surface area contributed by atoms with E-state index in [0.717, 1.165) is 33.4 Å². The molecular weight excluding hydrogens is 717 g/mol. The number of carboxylic acid groups (broad SMARTS) is 1. The molecule has 2 amide bonds. The number of ether oxygens (including phenoxy) is 1. The second-order valence-electron chi connectivity index (χ2n) is 14.9. The summed E-state index contributed by atoms with van der Waals surface area (Å²) in [5.41, 5.74) is 6.35. The fourth-order valence-electron chi connectivity index (χ4n) is 7.14. The van der Waals surface area contributed by atoms with Crippen LogP contribution in [0.5, 0.6) is 5.75 Å². The number of carbonyl (C=O) groups is 5. The number of benzene rings is 5. The van der Waals surface area contributed by atoms with Gasteiger partial charge in [0.2, 0.25) is 11.8 Å². The number of aliphatic carboxylic acids is 1. The van der Waals surface area contributed by atoms with E-state index >= 15 is 0 Å². The van der Waals surface area contributed by atoms with E-state index in [4.69, 9.17) is 4.74 Å². The van der Waals surface area contributed by atoms with Crippen molar-refractivity contribution >= 4 is 29.4 Å². The topological polar surface area (TPSA) is 139 Å². The summed E-state index contributed by atoms with van der Waals surface area (Å²) in [7, 11) is 0. The van der Waals surface area contributed by atoms with Crippen molar-refractivity contribution in [3.05, 3.63) is 161 Å². The van der Waals surface area contributed by atoms with Crippen molar-refractivity contribution in [2.75, 3.05) is 6.61 Å². The van der Waals surface area contributed by atoms with E-state index in [1.807, 2.05) is 116 Å². The molecule has 0 fully saturated rings. The number of amides is 2. The lowest BCUT2D eigenvalue weighted by Gasteiger charge is -2.26. The van der Waals surface area contributed by atoms with Crippen molar-refractivity contribution in [2.24, 2.45) is 11.8 Å². The number of nitrogens with one attached hydrogen (secondary N) is 2. The molecule has 9 nitrogen and oxygen atoms in total. The molecule has 2 aliphatic rings. The summed E-state index contributed by atoms with van der Waals surface area (Å²) < 4.78 is 5.80. The Morgan fingerprint density at radius 3 is 1.89 bits per heavy atom. The van der Waals surface area contributed by atoms with Crippen LogP contribution in [0.15, 0.2) is 133 Å². The van der Waals surface area contributed by atoms with Gasteiger partial charge in [0.1, 0.15) is 18.4 Å². The second-order valence-corrected chi connectivity index (χ2v) is 14.9. The predicted octanol–water partition coefficient (Wildman–Crippen LogP) is 6.92. The molecule has 0 spiro atoms. The van der Waals surface area contributed by atoms with E-state index in [1.54, 1.807) is 24.3 Å². The van der Waals surface area contributed by atoms with Crippen LogP contribution in [0.4, 0.5) is 0 Å². The first-order chi connectivity index (χ1) is 27.6. The van der Waals surface area contributed by atoms with Crippen LogP contribution in [-0.2, 0) is 49.7 Å². The lowest BCUT2D eigenvalue weighted by atomic mass is 9.90. The number of hydrogen-bond donors (Lipinski definition) is 3. The van der Waals surface area contributed by atoms with E-state index < -0.39 is 47.5 Å². The highest BCUT2D eigenvalue weighted by molar-refractivity contribution is 5.95. The number of carbonyl (C=O) groups excluding carboxylic acids is 4. The second kappa shape index (κ2) is 19.5. The fourth-order valence-corrected chi connectivity index (χ4v) is 7.14. The molecule has 4 atom stereocenters. The SMILES string of the molecule is Cc1ccc(C[C@@H]2CC(=O)COc3ccc(cc3)C[C@@H](C(=O)O)CC(=O)[C@H](CCc3ccccc3)NC(=O)[C@@H](Cc3ccc(-c4ccccc4)cc3)NC2=O)cc1. The van der Waals surface area contributed by atoms with Crippen molar-refractivity contribution in [3.8, 4) is 16.9 Å². The van der Waals surface area contributed by atoms with Gasteiger partial charge in [-0.15, -0.1) is 0 Å². The first-order valence-corrected chi connectivity index (χ1v) is 19.4. The van der Waals surface area contributed by atoms with E-state index in [2.05, 4.69) is 10.6 Å². The van der Waals surface area contributed by atoms with Crippen molar-refractivity contribution in [1.82, 2.24) is 10.6 Å². The molecule has 0 saturated carbocycles. The van der Waals surface area contributed by atoms with Crippen molar-refractivity contribution in [1.29, 1.82) is 0 Å². The molecule has 0 aliphatic carbocycles. The Hall–Kier alpha value is -6.35. The molecule has 0 saturated heterocycles. The van der Waals surface area contributed by atoms with Gasteiger partial charge in [-0.1, -0.05) is 127 Å². The van der Waals surface area contributed by atoms with Crippen LogP contribution in [0.2, 0.25) is 0 Å². The Kier molecular flexibility index (Phi) is 13.8. The Labute approximate surface area is 333 Å². The highest BCUT2D eigenvalue weighted by atomic mass is 16.5. The average molecular weight is 765 g/mol. The van der Waals surface area contributed by atoms with Crippen LogP contribution in [0.25, 0.3) is 11.1 Å². The van der Waals surface area contributed by atoms with E-state index in [1.165, 1.54) is 0 Å². The molecule has 2 heterocycles. The van der Waals surface area contributed by atoms with Crippen molar-refractivity contribution < 1.29 is 33.8 Å². The van der Waals surface area contributed by atoms with Crippen LogP contribution in [-0.4, -0.2) is 53.1 Å². The smallest absolute Gasteiger partial charge is 0.307 e. The summed E-state index contributed by atoms with van der Waals surface area (Å²) in [6.45, 7) is 1.70. The number of fused-ring (bicyclic) bond motifs is 16. The molecule has 2 bridgehead atoms. The molecule has 57 heavy (non-hydrogen) atoms. The number of rotatable bonds is 9. The van der Waals surface area contributed by atoms with Gasteiger partial charge in [-0.05, 0) is 78.1 Å². The average Bonchev–Trinajstić information content (AvgIpc) is 3.22. The third-order valence-electron chi connectivity index (χ3n) is 10.5. The van der Waals surface area contributed by atoms with Gasteiger partial charge in [0, 0.05) is 25.2 Å².